The number of halogens is 1. The first-order valence-corrected chi connectivity index (χ1v) is 12.2. The number of rotatable bonds is 4. The molecule has 0 bridgehead atoms. The Morgan fingerprint density at radius 1 is 1.14 bits per heavy atom. The predicted octanol–water partition coefficient (Wildman–Crippen LogP) is 4.82. The van der Waals surface area contributed by atoms with Crippen molar-refractivity contribution in [1.29, 1.82) is 0 Å². The van der Waals surface area contributed by atoms with Crippen LogP contribution in [-0.4, -0.2) is 25.2 Å². The summed E-state index contributed by atoms with van der Waals surface area (Å²) >= 11 is 4.53. The third kappa shape index (κ3) is 4.02. The van der Waals surface area contributed by atoms with Gasteiger partial charge in [-0.1, -0.05) is 40.2 Å². The number of nitrogens with one attached hydrogen (secondary N) is 1. The molecular formula is C21H19BrN2O3S2. The van der Waals surface area contributed by atoms with Gasteiger partial charge in [0.25, 0.3) is 5.91 Å². The molecule has 3 aromatic rings. The van der Waals surface area contributed by atoms with Crippen LogP contribution in [-0.2, 0) is 23.0 Å². The van der Waals surface area contributed by atoms with Crippen LogP contribution >= 0.6 is 27.3 Å². The molecule has 0 fully saturated rings. The molecule has 0 aliphatic carbocycles. The van der Waals surface area contributed by atoms with E-state index < -0.39 is 15.9 Å². The first-order valence-electron chi connectivity index (χ1n) is 9.08. The molecule has 1 aromatic heterocycles. The molecule has 2 heterocycles. The van der Waals surface area contributed by atoms with Gasteiger partial charge in [-0.25, -0.2) is 8.42 Å². The maximum absolute atomic E-state index is 13.3. The number of benzene rings is 2. The lowest BCUT2D eigenvalue weighted by atomic mass is 10.0. The van der Waals surface area contributed by atoms with Crippen LogP contribution in [0.25, 0.3) is 0 Å². The highest BCUT2D eigenvalue weighted by Crippen LogP contribution is 2.30. The Morgan fingerprint density at radius 3 is 2.66 bits per heavy atom. The Bertz CT molecular complexity index is 1190. The van der Waals surface area contributed by atoms with Crippen molar-refractivity contribution in [2.75, 3.05) is 11.9 Å². The number of fused-ring (bicyclic) bond motifs is 1. The van der Waals surface area contributed by atoms with Crippen molar-refractivity contribution in [1.82, 2.24) is 4.31 Å². The molecule has 0 spiro atoms. The molecule has 1 N–H and O–H groups in total. The van der Waals surface area contributed by atoms with Crippen LogP contribution in [0.1, 0.15) is 26.4 Å². The summed E-state index contributed by atoms with van der Waals surface area (Å²) in [6.07, 6.45) is 0.666. The standard InChI is InChI=1S/C21H19BrN2O3S2/c1-14-12-17(22)6-7-18(14)23-21(25)20-19(9-11-28-20)29(26,27)24-10-8-15-4-2-3-5-16(15)13-24/h2-7,9,11-12H,8,10,13H2,1H3,(H,23,25). The van der Waals surface area contributed by atoms with Crippen molar-refractivity contribution in [3.63, 3.8) is 0 Å². The minimum absolute atomic E-state index is 0.0640. The van der Waals surface area contributed by atoms with Gasteiger partial charge in [0.05, 0.1) is 0 Å². The molecule has 0 atom stereocenters. The Balaban J connectivity index is 1.60. The fourth-order valence-corrected chi connectivity index (χ4v) is 6.62. The Hall–Kier alpha value is -2.00. The van der Waals surface area contributed by atoms with Gasteiger partial charge >= 0.3 is 0 Å². The second kappa shape index (κ2) is 8.02. The molecule has 0 saturated carbocycles. The van der Waals surface area contributed by atoms with E-state index in [9.17, 15) is 13.2 Å². The van der Waals surface area contributed by atoms with Gasteiger partial charge in [0, 0.05) is 23.2 Å². The van der Waals surface area contributed by atoms with E-state index >= 15 is 0 Å². The van der Waals surface area contributed by atoms with Gasteiger partial charge in [-0.2, -0.15) is 4.31 Å². The zero-order valence-electron chi connectivity index (χ0n) is 15.7. The maximum Gasteiger partial charge on any atom is 0.267 e. The zero-order valence-corrected chi connectivity index (χ0v) is 18.9. The molecule has 5 nitrogen and oxygen atoms in total. The van der Waals surface area contributed by atoms with Crippen molar-refractivity contribution < 1.29 is 13.2 Å². The molecule has 8 heteroatoms. The van der Waals surface area contributed by atoms with Gasteiger partial charge in [-0.15, -0.1) is 11.3 Å². The van der Waals surface area contributed by atoms with E-state index in [0.717, 1.165) is 26.9 Å². The average Bonchev–Trinajstić information content (AvgIpc) is 3.20. The summed E-state index contributed by atoms with van der Waals surface area (Å²) in [6, 6.07) is 14.9. The quantitative estimate of drug-likeness (QED) is 0.569. The van der Waals surface area contributed by atoms with Crippen LogP contribution in [0.3, 0.4) is 0 Å². The van der Waals surface area contributed by atoms with E-state index in [1.54, 1.807) is 11.4 Å². The topological polar surface area (TPSA) is 66.5 Å². The number of thiophene rings is 1. The summed E-state index contributed by atoms with van der Waals surface area (Å²) < 4.78 is 29.0. The molecular weight excluding hydrogens is 472 g/mol. The summed E-state index contributed by atoms with van der Waals surface area (Å²) in [6.45, 7) is 2.61. The number of anilines is 1. The van der Waals surface area contributed by atoms with E-state index in [1.165, 1.54) is 15.9 Å². The van der Waals surface area contributed by atoms with Crippen LogP contribution < -0.4 is 5.32 Å². The van der Waals surface area contributed by atoms with Crippen LogP contribution in [0.15, 0.2) is 63.3 Å². The predicted molar refractivity (Wildman–Crippen MR) is 119 cm³/mol. The van der Waals surface area contributed by atoms with E-state index in [1.807, 2.05) is 43.3 Å². The van der Waals surface area contributed by atoms with Crippen LogP contribution in [0.4, 0.5) is 5.69 Å². The van der Waals surface area contributed by atoms with E-state index in [4.69, 9.17) is 0 Å². The van der Waals surface area contributed by atoms with Crippen molar-refractivity contribution >= 4 is 48.9 Å². The summed E-state index contributed by atoms with van der Waals surface area (Å²) in [5.41, 5.74) is 3.73. The second-order valence-electron chi connectivity index (χ2n) is 6.88. The van der Waals surface area contributed by atoms with Gasteiger partial charge in [-0.3, -0.25) is 4.79 Å². The van der Waals surface area contributed by atoms with Gasteiger partial charge in [0.1, 0.15) is 9.77 Å². The highest BCUT2D eigenvalue weighted by molar-refractivity contribution is 9.10. The highest BCUT2D eigenvalue weighted by Gasteiger charge is 2.32. The smallest absolute Gasteiger partial charge is 0.267 e. The van der Waals surface area contributed by atoms with Crippen LogP contribution in [0.5, 0.6) is 0 Å². The first kappa shape index (κ1) is 20.3. The molecule has 1 amide bonds. The lowest BCUT2D eigenvalue weighted by molar-refractivity contribution is 0.102. The van der Waals surface area contributed by atoms with Crippen molar-refractivity contribution in [2.24, 2.45) is 0 Å². The SMILES string of the molecule is Cc1cc(Br)ccc1NC(=O)c1sccc1S(=O)(=O)N1CCc2ccccc2C1. The van der Waals surface area contributed by atoms with Crippen molar-refractivity contribution in [3.05, 3.63) is 80.0 Å². The Kier molecular flexibility index (Phi) is 5.61. The van der Waals surface area contributed by atoms with E-state index in [-0.39, 0.29) is 9.77 Å². The number of nitrogens with zero attached hydrogens (tertiary/aromatic N) is 1. The molecule has 0 radical (unpaired) electrons. The summed E-state index contributed by atoms with van der Waals surface area (Å²) in [5.74, 6) is -0.415. The summed E-state index contributed by atoms with van der Waals surface area (Å²) in [7, 11) is -3.77. The fraction of sp³-hybridized carbons (Fsp3) is 0.190. The largest absolute Gasteiger partial charge is 0.321 e. The molecule has 2 aromatic carbocycles. The monoisotopic (exact) mass is 490 g/mol. The summed E-state index contributed by atoms with van der Waals surface area (Å²) in [4.78, 5) is 13.1. The molecule has 0 unspecified atom stereocenters. The molecule has 0 saturated heterocycles. The van der Waals surface area contributed by atoms with Crippen molar-refractivity contribution in [3.8, 4) is 0 Å². The van der Waals surface area contributed by atoms with Gasteiger partial charge < -0.3 is 5.32 Å². The maximum atomic E-state index is 13.3. The van der Waals surface area contributed by atoms with Gasteiger partial charge in [0.15, 0.2) is 0 Å². The Labute approximate surface area is 182 Å². The van der Waals surface area contributed by atoms with Gasteiger partial charge in [-0.05, 0) is 59.7 Å². The number of aryl methyl sites for hydroxylation is 1. The van der Waals surface area contributed by atoms with Crippen LogP contribution in [0, 0.1) is 6.92 Å². The van der Waals surface area contributed by atoms with Crippen LogP contribution in [0.2, 0.25) is 0 Å². The Morgan fingerprint density at radius 2 is 1.90 bits per heavy atom. The number of hydrogen-bond donors (Lipinski definition) is 1. The lowest BCUT2D eigenvalue weighted by Crippen LogP contribution is -2.36. The van der Waals surface area contributed by atoms with Crippen molar-refractivity contribution in [2.45, 2.75) is 24.8 Å². The van der Waals surface area contributed by atoms with Gasteiger partial charge in [0.2, 0.25) is 10.0 Å². The summed E-state index contributed by atoms with van der Waals surface area (Å²) in [5, 5.41) is 4.49. The number of sulfonamides is 1. The lowest BCUT2D eigenvalue weighted by Gasteiger charge is -2.28. The average molecular weight is 491 g/mol. The first-order chi connectivity index (χ1) is 13.9. The number of carbonyl (C=O) groups excluding carboxylic acids is 1. The molecule has 1 aliphatic heterocycles. The molecule has 4 rings (SSSR count). The number of carbonyl (C=O) groups is 1. The minimum Gasteiger partial charge on any atom is -0.321 e. The van der Waals surface area contributed by atoms with E-state index in [2.05, 4.69) is 21.2 Å². The normalized spacial score (nSPS) is 14.4. The zero-order chi connectivity index (χ0) is 20.6. The highest BCUT2D eigenvalue weighted by atomic mass is 79.9. The minimum atomic E-state index is -3.77. The number of amides is 1. The second-order valence-corrected chi connectivity index (χ2v) is 10.6. The molecule has 1 aliphatic rings. The molecule has 150 valence electrons. The van der Waals surface area contributed by atoms with E-state index in [0.29, 0.717) is 25.2 Å². The molecule has 29 heavy (non-hydrogen) atoms. The fourth-order valence-electron chi connectivity index (χ4n) is 3.43. The third-order valence-corrected chi connectivity index (χ3v) is 8.41. The number of hydrogen-bond acceptors (Lipinski definition) is 4. The third-order valence-electron chi connectivity index (χ3n) is 4.99.